The first-order valence-corrected chi connectivity index (χ1v) is 7.70. The molecule has 0 aliphatic heterocycles. The molecule has 0 heterocycles. The first-order valence-electron chi connectivity index (χ1n) is 7.70. The van der Waals surface area contributed by atoms with Gasteiger partial charge in [0.2, 0.25) is 0 Å². The van der Waals surface area contributed by atoms with Crippen molar-refractivity contribution in [2.75, 3.05) is 33.9 Å². The van der Waals surface area contributed by atoms with Crippen LogP contribution in [0, 0.1) is 5.41 Å². The van der Waals surface area contributed by atoms with Crippen LogP contribution in [0.1, 0.15) is 31.7 Å². The largest absolute Gasteiger partial charge is 0.492 e. The number of benzene rings is 1. The third-order valence-electron chi connectivity index (χ3n) is 4.17. The topological polar surface area (TPSA) is 32.7 Å². The summed E-state index contributed by atoms with van der Waals surface area (Å²) in [5.41, 5.74) is 2.62. The van der Waals surface area contributed by atoms with Crippen molar-refractivity contribution in [2.45, 2.75) is 26.2 Å². The van der Waals surface area contributed by atoms with Gasteiger partial charge < -0.3 is 14.7 Å². The smallest absolute Gasteiger partial charge is 0.119 e. The highest BCUT2D eigenvalue weighted by atomic mass is 16.5. The van der Waals surface area contributed by atoms with E-state index in [-0.39, 0.29) is 12.0 Å². The molecule has 21 heavy (non-hydrogen) atoms. The van der Waals surface area contributed by atoms with Crippen LogP contribution in [0.3, 0.4) is 0 Å². The molecule has 0 aromatic heterocycles. The number of allylic oxidation sites excluding steroid dienone is 2. The molecule has 1 atom stereocenters. The third-order valence-corrected chi connectivity index (χ3v) is 4.17. The number of nitrogens with zero attached hydrogens (tertiary/aromatic N) is 1. The lowest BCUT2D eigenvalue weighted by Crippen LogP contribution is -2.24. The maximum Gasteiger partial charge on any atom is 0.119 e. The van der Waals surface area contributed by atoms with Gasteiger partial charge in [0.25, 0.3) is 0 Å². The number of rotatable bonds is 6. The Balaban J connectivity index is 1.97. The minimum Gasteiger partial charge on any atom is -0.492 e. The van der Waals surface area contributed by atoms with Gasteiger partial charge in [-0.05, 0) is 62.0 Å². The fourth-order valence-electron chi connectivity index (χ4n) is 2.68. The van der Waals surface area contributed by atoms with Crippen molar-refractivity contribution in [3.63, 3.8) is 0 Å². The van der Waals surface area contributed by atoms with Gasteiger partial charge in [-0.2, -0.15) is 0 Å². The van der Waals surface area contributed by atoms with Crippen molar-refractivity contribution in [3.8, 4) is 5.75 Å². The zero-order valence-corrected chi connectivity index (χ0v) is 13.4. The molecule has 1 aromatic carbocycles. The Morgan fingerprint density at radius 1 is 1.24 bits per heavy atom. The van der Waals surface area contributed by atoms with Crippen molar-refractivity contribution in [1.82, 2.24) is 4.90 Å². The van der Waals surface area contributed by atoms with Gasteiger partial charge in [0.15, 0.2) is 0 Å². The SMILES string of the molecule is CN(C)CCOc1ccc(C2=CCCC(C)(CO)C2)cc1. The second-order valence-electron chi connectivity index (χ2n) is 6.59. The molecule has 0 saturated heterocycles. The van der Waals surface area contributed by atoms with Crippen molar-refractivity contribution in [1.29, 1.82) is 0 Å². The molecular formula is C18H27NO2. The van der Waals surface area contributed by atoms with Gasteiger partial charge in [-0.25, -0.2) is 0 Å². The molecule has 0 bridgehead atoms. The summed E-state index contributed by atoms with van der Waals surface area (Å²) in [5, 5.41) is 9.55. The Bertz CT molecular complexity index is 478. The summed E-state index contributed by atoms with van der Waals surface area (Å²) in [5.74, 6) is 0.918. The Morgan fingerprint density at radius 3 is 2.57 bits per heavy atom. The van der Waals surface area contributed by atoms with Crippen LogP contribution in [0.4, 0.5) is 0 Å². The van der Waals surface area contributed by atoms with E-state index in [0.717, 1.165) is 31.6 Å². The molecule has 1 aliphatic rings. The van der Waals surface area contributed by atoms with Gasteiger partial charge in [0, 0.05) is 13.2 Å². The van der Waals surface area contributed by atoms with Gasteiger partial charge in [-0.3, -0.25) is 0 Å². The van der Waals surface area contributed by atoms with Gasteiger partial charge in [-0.1, -0.05) is 25.1 Å². The second kappa shape index (κ2) is 7.10. The predicted octanol–water partition coefficient (Wildman–Crippen LogP) is 3.19. The molecule has 0 spiro atoms. The van der Waals surface area contributed by atoms with Gasteiger partial charge in [0.05, 0.1) is 0 Å². The number of likely N-dealkylation sites (N-methyl/N-ethyl adjacent to an activating group) is 1. The molecule has 1 aliphatic carbocycles. The molecule has 3 nitrogen and oxygen atoms in total. The van der Waals surface area contributed by atoms with E-state index in [1.54, 1.807) is 0 Å². The van der Waals surface area contributed by atoms with Crippen LogP contribution in [0.2, 0.25) is 0 Å². The van der Waals surface area contributed by atoms with Crippen molar-refractivity contribution < 1.29 is 9.84 Å². The van der Waals surface area contributed by atoms with Crippen LogP contribution >= 0.6 is 0 Å². The van der Waals surface area contributed by atoms with E-state index in [9.17, 15) is 5.11 Å². The molecule has 0 amide bonds. The number of hydrogen-bond acceptors (Lipinski definition) is 3. The van der Waals surface area contributed by atoms with Crippen LogP contribution in [0.15, 0.2) is 30.3 Å². The highest BCUT2D eigenvalue weighted by Gasteiger charge is 2.27. The van der Waals surface area contributed by atoms with E-state index in [1.807, 2.05) is 26.2 Å². The van der Waals surface area contributed by atoms with Crippen LogP contribution in [-0.2, 0) is 0 Å². The summed E-state index contributed by atoms with van der Waals surface area (Å²) in [6.07, 6.45) is 5.37. The minimum atomic E-state index is 0.0327. The molecule has 2 rings (SSSR count). The van der Waals surface area contributed by atoms with E-state index in [0.29, 0.717) is 6.61 Å². The van der Waals surface area contributed by atoms with Crippen LogP contribution in [0.25, 0.3) is 5.57 Å². The summed E-state index contributed by atoms with van der Waals surface area (Å²) < 4.78 is 5.72. The number of hydrogen-bond donors (Lipinski definition) is 1. The number of aliphatic hydroxyl groups is 1. The van der Waals surface area contributed by atoms with E-state index in [4.69, 9.17) is 4.74 Å². The van der Waals surface area contributed by atoms with Gasteiger partial charge in [0.1, 0.15) is 12.4 Å². The van der Waals surface area contributed by atoms with Gasteiger partial charge >= 0.3 is 0 Å². The molecule has 0 radical (unpaired) electrons. The van der Waals surface area contributed by atoms with E-state index in [1.165, 1.54) is 11.1 Å². The highest BCUT2D eigenvalue weighted by Crippen LogP contribution is 2.39. The fraction of sp³-hybridized carbons (Fsp3) is 0.556. The maximum absolute atomic E-state index is 9.55. The van der Waals surface area contributed by atoms with Crippen molar-refractivity contribution in [2.24, 2.45) is 5.41 Å². The lowest BCUT2D eigenvalue weighted by Gasteiger charge is -2.32. The molecule has 116 valence electrons. The zero-order chi connectivity index (χ0) is 15.3. The molecule has 3 heteroatoms. The summed E-state index contributed by atoms with van der Waals surface area (Å²) >= 11 is 0. The van der Waals surface area contributed by atoms with Gasteiger partial charge in [-0.15, -0.1) is 0 Å². The molecular weight excluding hydrogens is 262 g/mol. The maximum atomic E-state index is 9.55. The number of aliphatic hydroxyl groups excluding tert-OH is 1. The Morgan fingerprint density at radius 2 is 1.95 bits per heavy atom. The third kappa shape index (κ3) is 4.58. The minimum absolute atomic E-state index is 0.0327. The Hall–Kier alpha value is -1.32. The first-order chi connectivity index (χ1) is 10.0. The lowest BCUT2D eigenvalue weighted by atomic mass is 9.75. The van der Waals surface area contributed by atoms with Crippen molar-refractivity contribution >= 4 is 5.57 Å². The quantitative estimate of drug-likeness (QED) is 0.873. The molecule has 0 saturated carbocycles. The normalized spacial score (nSPS) is 22.2. The molecule has 0 fully saturated rings. The lowest BCUT2D eigenvalue weighted by molar-refractivity contribution is 0.135. The zero-order valence-electron chi connectivity index (χ0n) is 13.4. The number of ether oxygens (including phenoxy) is 1. The Labute approximate surface area is 128 Å². The predicted molar refractivity (Wildman–Crippen MR) is 87.5 cm³/mol. The van der Waals surface area contributed by atoms with Crippen molar-refractivity contribution in [3.05, 3.63) is 35.9 Å². The molecule has 1 unspecified atom stereocenters. The standard InChI is InChI=1S/C18H27NO2/c1-18(14-20)10-4-5-16(13-18)15-6-8-17(9-7-15)21-12-11-19(2)3/h5-9,20H,4,10-14H2,1-3H3. The van der Waals surface area contributed by atoms with E-state index < -0.39 is 0 Å². The van der Waals surface area contributed by atoms with E-state index >= 15 is 0 Å². The second-order valence-corrected chi connectivity index (χ2v) is 6.59. The Kier molecular flexibility index (Phi) is 5.43. The summed E-state index contributed by atoms with van der Waals surface area (Å²) in [4.78, 5) is 2.11. The average molecular weight is 289 g/mol. The molecule has 1 N–H and O–H groups in total. The summed E-state index contributed by atoms with van der Waals surface area (Å²) in [6.45, 7) is 4.05. The molecule has 1 aromatic rings. The highest BCUT2D eigenvalue weighted by molar-refractivity contribution is 5.67. The monoisotopic (exact) mass is 289 g/mol. The average Bonchev–Trinajstić information content (AvgIpc) is 2.48. The summed E-state index contributed by atoms with van der Waals surface area (Å²) in [6, 6.07) is 8.33. The fourth-order valence-corrected chi connectivity index (χ4v) is 2.68. The van der Waals surface area contributed by atoms with Crippen LogP contribution in [0.5, 0.6) is 5.75 Å². The van der Waals surface area contributed by atoms with Crippen LogP contribution in [-0.4, -0.2) is 43.9 Å². The van der Waals surface area contributed by atoms with E-state index in [2.05, 4.69) is 30.0 Å². The first kappa shape index (κ1) is 16.1. The summed E-state index contributed by atoms with van der Waals surface area (Å²) in [7, 11) is 4.08. The van der Waals surface area contributed by atoms with Crippen LogP contribution < -0.4 is 4.74 Å².